The second kappa shape index (κ2) is 4.77. The van der Waals surface area contributed by atoms with Gasteiger partial charge in [-0.05, 0) is 23.3 Å². The molecule has 0 amide bonds. The van der Waals surface area contributed by atoms with Gasteiger partial charge in [-0.15, -0.1) is 0 Å². The van der Waals surface area contributed by atoms with Crippen molar-refractivity contribution in [2.75, 3.05) is 20.5 Å². The van der Waals surface area contributed by atoms with Crippen molar-refractivity contribution >= 4 is 0 Å². The fourth-order valence-electron chi connectivity index (χ4n) is 2.29. The third-order valence-electron chi connectivity index (χ3n) is 3.26. The van der Waals surface area contributed by atoms with E-state index in [-0.39, 0.29) is 0 Å². The zero-order valence-corrected chi connectivity index (χ0v) is 9.35. The van der Waals surface area contributed by atoms with Crippen molar-refractivity contribution in [3.8, 4) is 0 Å². The van der Waals surface area contributed by atoms with Crippen LogP contribution >= 0.6 is 0 Å². The number of rotatable bonds is 5. The maximum absolute atomic E-state index is 5.41. The molecule has 82 valence electrons. The van der Waals surface area contributed by atoms with Crippen LogP contribution < -0.4 is 0 Å². The smallest absolute Gasteiger partial charge is 0.146 e. The average molecular weight is 206 g/mol. The lowest BCUT2D eigenvalue weighted by Gasteiger charge is -2.01. The van der Waals surface area contributed by atoms with Crippen molar-refractivity contribution in [3.63, 3.8) is 0 Å². The molecule has 0 N–H and O–H groups in total. The molecule has 1 aliphatic carbocycles. The predicted octanol–water partition coefficient (Wildman–Crippen LogP) is 2.66. The highest BCUT2D eigenvalue weighted by Gasteiger charge is 2.47. The number of hydrogen-bond donors (Lipinski definition) is 0. The molecule has 1 aromatic carbocycles. The lowest BCUT2D eigenvalue weighted by atomic mass is 10.1. The number of hydrogen-bond acceptors (Lipinski definition) is 2. The van der Waals surface area contributed by atoms with Crippen LogP contribution in [-0.4, -0.2) is 20.5 Å². The van der Waals surface area contributed by atoms with E-state index in [2.05, 4.69) is 37.3 Å². The molecule has 0 radical (unpaired) electrons. The first-order chi connectivity index (χ1) is 7.34. The van der Waals surface area contributed by atoms with Crippen LogP contribution in [0.3, 0.4) is 0 Å². The first kappa shape index (κ1) is 10.7. The maximum atomic E-state index is 5.41. The highest BCUT2D eigenvalue weighted by Crippen LogP contribution is 2.53. The number of benzene rings is 1. The van der Waals surface area contributed by atoms with Crippen molar-refractivity contribution < 1.29 is 9.47 Å². The van der Waals surface area contributed by atoms with Crippen LogP contribution in [0.5, 0.6) is 0 Å². The summed E-state index contributed by atoms with van der Waals surface area (Å²) in [6.07, 6.45) is 0. The monoisotopic (exact) mass is 206 g/mol. The molecule has 3 atom stereocenters. The van der Waals surface area contributed by atoms with Crippen LogP contribution in [0, 0.1) is 11.8 Å². The van der Waals surface area contributed by atoms with Gasteiger partial charge in [0.2, 0.25) is 0 Å². The Balaban J connectivity index is 1.86. The summed E-state index contributed by atoms with van der Waals surface area (Å²) in [6.45, 7) is 3.51. The maximum Gasteiger partial charge on any atom is 0.146 e. The summed E-state index contributed by atoms with van der Waals surface area (Å²) >= 11 is 0. The molecule has 2 nitrogen and oxygen atoms in total. The van der Waals surface area contributed by atoms with E-state index < -0.39 is 0 Å². The largest absolute Gasteiger partial charge is 0.359 e. The summed E-state index contributed by atoms with van der Waals surface area (Å²) in [5.74, 6) is 2.09. The standard InChI is InChI=1S/C13H18O2/c1-10-12(8-15-9-14-2)13(10)11-6-4-3-5-7-11/h3-7,10,12-13H,8-9H2,1-2H3/t10-,12-,13-/m1/s1. The van der Waals surface area contributed by atoms with Crippen molar-refractivity contribution in [3.05, 3.63) is 35.9 Å². The van der Waals surface area contributed by atoms with E-state index in [0.29, 0.717) is 18.6 Å². The van der Waals surface area contributed by atoms with E-state index >= 15 is 0 Å². The molecule has 1 aromatic rings. The molecule has 0 unspecified atom stereocenters. The van der Waals surface area contributed by atoms with Crippen LogP contribution in [0.2, 0.25) is 0 Å². The van der Waals surface area contributed by atoms with E-state index in [1.807, 2.05) is 0 Å². The normalized spacial score (nSPS) is 29.1. The van der Waals surface area contributed by atoms with E-state index in [1.54, 1.807) is 7.11 Å². The molecule has 15 heavy (non-hydrogen) atoms. The average Bonchev–Trinajstić information content (AvgIpc) is 2.91. The molecule has 0 aliphatic heterocycles. The topological polar surface area (TPSA) is 18.5 Å². The Hall–Kier alpha value is -0.860. The fraction of sp³-hybridized carbons (Fsp3) is 0.538. The van der Waals surface area contributed by atoms with Gasteiger partial charge in [0.15, 0.2) is 0 Å². The zero-order chi connectivity index (χ0) is 10.7. The minimum atomic E-state index is 0.407. The van der Waals surface area contributed by atoms with E-state index in [0.717, 1.165) is 12.5 Å². The molecule has 1 aliphatic rings. The van der Waals surface area contributed by atoms with Crippen LogP contribution in [0.15, 0.2) is 30.3 Å². The van der Waals surface area contributed by atoms with Gasteiger partial charge in [0.05, 0.1) is 6.61 Å². The van der Waals surface area contributed by atoms with Crippen molar-refractivity contribution in [1.82, 2.24) is 0 Å². The molecule has 1 fully saturated rings. The quantitative estimate of drug-likeness (QED) is 0.544. The van der Waals surface area contributed by atoms with Gasteiger partial charge < -0.3 is 9.47 Å². The molecule has 0 aromatic heterocycles. The third-order valence-corrected chi connectivity index (χ3v) is 3.26. The van der Waals surface area contributed by atoms with Crippen LogP contribution in [0.4, 0.5) is 0 Å². The summed E-state index contributed by atoms with van der Waals surface area (Å²) in [7, 11) is 1.66. The van der Waals surface area contributed by atoms with Crippen LogP contribution in [-0.2, 0) is 9.47 Å². The minimum absolute atomic E-state index is 0.407. The van der Waals surface area contributed by atoms with Gasteiger partial charge in [-0.25, -0.2) is 0 Å². The highest BCUT2D eigenvalue weighted by atomic mass is 16.7. The van der Waals surface area contributed by atoms with E-state index in [4.69, 9.17) is 9.47 Å². The Labute approximate surface area is 91.2 Å². The lowest BCUT2D eigenvalue weighted by molar-refractivity contribution is -0.0357. The molecular formula is C13H18O2. The van der Waals surface area contributed by atoms with E-state index in [1.165, 1.54) is 5.56 Å². The van der Waals surface area contributed by atoms with Gasteiger partial charge in [0, 0.05) is 7.11 Å². The number of ether oxygens (including phenoxy) is 2. The fourth-order valence-corrected chi connectivity index (χ4v) is 2.29. The molecule has 1 saturated carbocycles. The van der Waals surface area contributed by atoms with Gasteiger partial charge in [0.1, 0.15) is 6.79 Å². The molecule has 2 rings (SSSR count). The lowest BCUT2D eigenvalue weighted by Crippen LogP contribution is -2.01. The van der Waals surface area contributed by atoms with Crippen molar-refractivity contribution in [2.24, 2.45) is 11.8 Å². The Morgan fingerprint density at radius 3 is 2.60 bits per heavy atom. The summed E-state index contributed by atoms with van der Waals surface area (Å²) < 4.78 is 10.3. The number of methoxy groups -OCH3 is 1. The molecule has 2 heteroatoms. The van der Waals surface area contributed by atoms with Gasteiger partial charge >= 0.3 is 0 Å². The summed E-state index contributed by atoms with van der Waals surface area (Å²) in [5.41, 5.74) is 1.44. The summed E-state index contributed by atoms with van der Waals surface area (Å²) in [6, 6.07) is 10.7. The summed E-state index contributed by atoms with van der Waals surface area (Å²) in [5, 5.41) is 0. The summed E-state index contributed by atoms with van der Waals surface area (Å²) in [4.78, 5) is 0. The first-order valence-corrected chi connectivity index (χ1v) is 5.46. The Kier molecular flexibility index (Phi) is 3.39. The van der Waals surface area contributed by atoms with Crippen molar-refractivity contribution in [2.45, 2.75) is 12.8 Å². The minimum Gasteiger partial charge on any atom is -0.359 e. The van der Waals surface area contributed by atoms with Gasteiger partial charge in [0.25, 0.3) is 0 Å². The zero-order valence-electron chi connectivity index (χ0n) is 9.35. The van der Waals surface area contributed by atoms with Gasteiger partial charge in [-0.3, -0.25) is 0 Å². The third kappa shape index (κ3) is 2.39. The van der Waals surface area contributed by atoms with Crippen molar-refractivity contribution in [1.29, 1.82) is 0 Å². The Morgan fingerprint density at radius 1 is 1.20 bits per heavy atom. The van der Waals surface area contributed by atoms with Crippen LogP contribution in [0.1, 0.15) is 18.4 Å². The predicted molar refractivity (Wildman–Crippen MR) is 59.7 cm³/mol. The molecule has 0 saturated heterocycles. The Morgan fingerprint density at radius 2 is 1.93 bits per heavy atom. The first-order valence-electron chi connectivity index (χ1n) is 5.46. The van der Waals surface area contributed by atoms with Gasteiger partial charge in [-0.2, -0.15) is 0 Å². The second-order valence-corrected chi connectivity index (χ2v) is 4.24. The molecular weight excluding hydrogens is 188 g/mol. The van der Waals surface area contributed by atoms with E-state index in [9.17, 15) is 0 Å². The molecule has 0 spiro atoms. The van der Waals surface area contributed by atoms with Gasteiger partial charge in [-0.1, -0.05) is 37.3 Å². The SMILES string of the molecule is COCOC[C@@H]1[C@@H](C)[C@@H]1c1ccccc1. The molecule has 0 bridgehead atoms. The van der Waals surface area contributed by atoms with Crippen LogP contribution in [0.25, 0.3) is 0 Å². The molecule has 0 heterocycles. The highest BCUT2D eigenvalue weighted by molar-refractivity contribution is 5.27. The second-order valence-electron chi connectivity index (χ2n) is 4.24. The Bertz CT molecular complexity index is 297.